The molecule has 0 fully saturated rings. The number of aromatic carboxylic acids is 1. The quantitative estimate of drug-likeness (QED) is 0.474. The van der Waals surface area contributed by atoms with Crippen LogP contribution in [0.5, 0.6) is 0 Å². The number of nitrogens with zero attached hydrogens (tertiary/aromatic N) is 3. The highest BCUT2D eigenvalue weighted by molar-refractivity contribution is 6.00. The van der Waals surface area contributed by atoms with Gasteiger partial charge in [0.05, 0.1) is 23.0 Å². The van der Waals surface area contributed by atoms with Crippen LogP contribution in [0.3, 0.4) is 0 Å². The van der Waals surface area contributed by atoms with E-state index in [1.54, 1.807) is 6.07 Å². The van der Waals surface area contributed by atoms with Gasteiger partial charge in [0.1, 0.15) is 17.9 Å². The Bertz CT molecular complexity index is 949. The SMILES string of the molecule is N#CCC(NC(=O)c1ccc([N+](=O)[O-])cn1)C(=O)Nc1ccc(C(=O)O)cc1. The summed E-state index contributed by atoms with van der Waals surface area (Å²) >= 11 is 0. The Labute approximate surface area is 157 Å². The second kappa shape index (κ2) is 8.86. The summed E-state index contributed by atoms with van der Waals surface area (Å²) in [5, 5.41) is 33.2. The number of nitrogens with one attached hydrogen (secondary N) is 2. The maximum Gasteiger partial charge on any atom is 0.335 e. The smallest absolute Gasteiger partial charge is 0.335 e. The van der Waals surface area contributed by atoms with Gasteiger partial charge < -0.3 is 15.7 Å². The fraction of sp³-hybridized carbons (Fsp3) is 0.118. The Morgan fingerprint density at radius 1 is 1.21 bits per heavy atom. The largest absolute Gasteiger partial charge is 0.478 e. The number of amides is 2. The van der Waals surface area contributed by atoms with Crippen LogP contribution < -0.4 is 10.6 Å². The fourth-order valence-electron chi connectivity index (χ4n) is 2.09. The molecule has 0 bridgehead atoms. The zero-order chi connectivity index (χ0) is 20.7. The van der Waals surface area contributed by atoms with E-state index in [9.17, 15) is 24.5 Å². The molecule has 28 heavy (non-hydrogen) atoms. The molecule has 0 aliphatic heterocycles. The Morgan fingerprint density at radius 3 is 2.39 bits per heavy atom. The van der Waals surface area contributed by atoms with E-state index in [1.165, 1.54) is 24.3 Å². The molecule has 0 saturated heterocycles. The summed E-state index contributed by atoms with van der Waals surface area (Å²) in [6, 6.07) is 8.08. The van der Waals surface area contributed by atoms with E-state index >= 15 is 0 Å². The molecular formula is C17H13N5O6. The average Bonchev–Trinajstić information content (AvgIpc) is 2.68. The second-order valence-electron chi connectivity index (χ2n) is 5.42. The maximum absolute atomic E-state index is 12.3. The number of rotatable bonds is 7. The van der Waals surface area contributed by atoms with Crippen LogP contribution in [0, 0.1) is 21.4 Å². The van der Waals surface area contributed by atoms with Gasteiger partial charge in [0.2, 0.25) is 5.91 Å². The van der Waals surface area contributed by atoms with Gasteiger partial charge in [-0.1, -0.05) is 0 Å². The van der Waals surface area contributed by atoms with E-state index in [4.69, 9.17) is 10.4 Å². The predicted octanol–water partition coefficient (Wildman–Crippen LogP) is 1.34. The van der Waals surface area contributed by atoms with Gasteiger partial charge in [0.15, 0.2) is 0 Å². The van der Waals surface area contributed by atoms with Crippen LogP contribution in [0.25, 0.3) is 0 Å². The highest BCUT2D eigenvalue weighted by Crippen LogP contribution is 2.12. The van der Waals surface area contributed by atoms with Crippen molar-refractivity contribution >= 4 is 29.2 Å². The highest BCUT2D eigenvalue weighted by Gasteiger charge is 2.22. The van der Waals surface area contributed by atoms with E-state index in [1.807, 2.05) is 0 Å². The molecule has 1 atom stereocenters. The third-order valence-electron chi connectivity index (χ3n) is 3.51. The molecule has 142 valence electrons. The second-order valence-corrected chi connectivity index (χ2v) is 5.42. The van der Waals surface area contributed by atoms with Crippen LogP contribution in [-0.4, -0.2) is 38.8 Å². The third kappa shape index (κ3) is 5.09. The summed E-state index contributed by atoms with van der Waals surface area (Å²) < 4.78 is 0. The first kappa shape index (κ1) is 20.0. The molecular weight excluding hydrogens is 370 g/mol. The number of carbonyl (C=O) groups is 3. The van der Waals surface area contributed by atoms with Crippen LogP contribution in [-0.2, 0) is 4.79 Å². The lowest BCUT2D eigenvalue weighted by atomic mass is 10.1. The van der Waals surface area contributed by atoms with E-state index < -0.39 is 28.7 Å². The normalized spacial score (nSPS) is 11.0. The highest BCUT2D eigenvalue weighted by atomic mass is 16.6. The van der Waals surface area contributed by atoms with Crippen molar-refractivity contribution in [2.45, 2.75) is 12.5 Å². The number of carboxylic acid groups (broad SMARTS) is 1. The van der Waals surface area contributed by atoms with E-state index in [0.29, 0.717) is 0 Å². The van der Waals surface area contributed by atoms with Crippen LogP contribution in [0.1, 0.15) is 27.3 Å². The minimum Gasteiger partial charge on any atom is -0.478 e. The molecule has 3 N–H and O–H groups in total. The summed E-state index contributed by atoms with van der Waals surface area (Å²) in [7, 11) is 0. The van der Waals surface area contributed by atoms with Crippen molar-refractivity contribution in [3.8, 4) is 6.07 Å². The number of aromatic nitrogens is 1. The van der Waals surface area contributed by atoms with Crippen molar-refractivity contribution in [3.63, 3.8) is 0 Å². The number of nitro groups is 1. The molecule has 0 saturated carbocycles. The van der Waals surface area contributed by atoms with Crippen LogP contribution in [0.15, 0.2) is 42.6 Å². The van der Waals surface area contributed by atoms with Crippen molar-refractivity contribution < 1.29 is 24.4 Å². The molecule has 2 amide bonds. The van der Waals surface area contributed by atoms with Gasteiger partial charge in [-0.3, -0.25) is 19.7 Å². The van der Waals surface area contributed by atoms with Gasteiger partial charge in [0, 0.05) is 11.8 Å². The molecule has 1 aromatic heterocycles. The number of hydrogen-bond donors (Lipinski definition) is 3. The van der Waals surface area contributed by atoms with Crippen LogP contribution in [0.4, 0.5) is 11.4 Å². The number of carbonyl (C=O) groups excluding carboxylic acids is 2. The van der Waals surface area contributed by atoms with Gasteiger partial charge in [-0.05, 0) is 30.3 Å². The standard InChI is InChI=1S/C17H13N5O6/c18-8-7-14(16(24)20-11-3-1-10(2-4-11)17(25)26)21-15(23)13-6-5-12(9-19-13)22(27)28/h1-6,9,14H,7H2,(H,20,24)(H,21,23)(H,25,26). The van der Waals surface area contributed by atoms with Crippen molar-refractivity contribution in [1.82, 2.24) is 10.3 Å². The van der Waals surface area contributed by atoms with Gasteiger partial charge in [0.25, 0.3) is 11.6 Å². The average molecular weight is 383 g/mol. The Kier molecular flexibility index (Phi) is 6.32. The zero-order valence-corrected chi connectivity index (χ0v) is 14.2. The molecule has 2 rings (SSSR count). The lowest BCUT2D eigenvalue weighted by Crippen LogP contribution is -2.43. The van der Waals surface area contributed by atoms with Gasteiger partial charge in [-0.15, -0.1) is 0 Å². The van der Waals surface area contributed by atoms with Gasteiger partial charge in [-0.2, -0.15) is 5.26 Å². The molecule has 0 aliphatic rings. The lowest BCUT2D eigenvalue weighted by Gasteiger charge is -2.15. The van der Waals surface area contributed by atoms with E-state index in [2.05, 4.69) is 15.6 Å². The number of anilines is 1. The van der Waals surface area contributed by atoms with E-state index in [-0.39, 0.29) is 29.1 Å². The monoisotopic (exact) mass is 383 g/mol. The molecule has 1 heterocycles. The number of hydrogen-bond acceptors (Lipinski definition) is 7. The molecule has 2 aromatic rings. The number of benzene rings is 1. The number of nitriles is 1. The van der Waals surface area contributed by atoms with Crippen LogP contribution in [0.2, 0.25) is 0 Å². The molecule has 1 aromatic carbocycles. The van der Waals surface area contributed by atoms with Gasteiger partial charge in [-0.25, -0.2) is 9.78 Å². The first-order chi connectivity index (χ1) is 13.3. The summed E-state index contributed by atoms with van der Waals surface area (Å²) in [6.07, 6.45) is 0.566. The molecule has 0 spiro atoms. The predicted molar refractivity (Wildman–Crippen MR) is 94.4 cm³/mol. The molecule has 0 aliphatic carbocycles. The fourth-order valence-corrected chi connectivity index (χ4v) is 2.09. The minimum atomic E-state index is -1.21. The Balaban J connectivity index is 2.07. The molecule has 11 nitrogen and oxygen atoms in total. The maximum atomic E-state index is 12.3. The van der Waals surface area contributed by atoms with E-state index in [0.717, 1.165) is 18.3 Å². The first-order valence-electron chi connectivity index (χ1n) is 7.74. The molecule has 1 unspecified atom stereocenters. The Morgan fingerprint density at radius 2 is 1.89 bits per heavy atom. The summed E-state index contributed by atoms with van der Waals surface area (Å²) in [6.45, 7) is 0. The zero-order valence-electron chi connectivity index (χ0n) is 14.2. The van der Waals surface area contributed by atoms with Crippen molar-refractivity contribution in [3.05, 3.63) is 64.0 Å². The summed E-state index contributed by atoms with van der Waals surface area (Å²) in [4.78, 5) is 48.9. The van der Waals surface area contributed by atoms with Crippen LogP contribution >= 0.6 is 0 Å². The third-order valence-corrected chi connectivity index (χ3v) is 3.51. The molecule has 0 radical (unpaired) electrons. The number of carboxylic acids is 1. The topological polar surface area (TPSA) is 175 Å². The Hall–Kier alpha value is -4.33. The minimum absolute atomic E-state index is 0.0316. The lowest BCUT2D eigenvalue weighted by molar-refractivity contribution is -0.385. The summed E-state index contributed by atoms with van der Waals surface area (Å²) in [5.41, 5.74) is -0.149. The first-order valence-corrected chi connectivity index (χ1v) is 7.74. The number of pyridine rings is 1. The van der Waals surface area contributed by atoms with Crippen molar-refractivity contribution in [2.75, 3.05) is 5.32 Å². The van der Waals surface area contributed by atoms with Gasteiger partial charge >= 0.3 is 5.97 Å². The van der Waals surface area contributed by atoms with Crippen molar-refractivity contribution in [1.29, 1.82) is 5.26 Å². The van der Waals surface area contributed by atoms with Crippen molar-refractivity contribution in [2.24, 2.45) is 0 Å². The summed E-state index contributed by atoms with van der Waals surface area (Å²) in [5.74, 6) is -2.60. The molecule has 11 heteroatoms.